The third-order valence-electron chi connectivity index (χ3n) is 5.27. The first kappa shape index (κ1) is 19.9. The van der Waals surface area contributed by atoms with Crippen molar-refractivity contribution in [2.24, 2.45) is 0 Å². The molecule has 0 bridgehead atoms. The zero-order chi connectivity index (χ0) is 19.4. The van der Waals surface area contributed by atoms with Gasteiger partial charge in [0.05, 0.1) is 11.0 Å². The minimum absolute atomic E-state index is 0.0146. The van der Waals surface area contributed by atoms with Crippen molar-refractivity contribution in [3.63, 3.8) is 0 Å². The summed E-state index contributed by atoms with van der Waals surface area (Å²) < 4.78 is 26.8. The van der Waals surface area contributed by atoms with E-state index in [1.54, 1.807) is 0 Å². The van der Waals surface area contributed by atoms with E-state index in [0.29, 0.717) is 5.69 Å². The van der Waals surface area contributed by atoms with Gasteiger partial charge in [0, 0.05) is 42.3 Å². The third-order valence-corrected chi connectivity index (χ3v) is 7.53. The number of rotatable bonds is 8. The second kappa shape index (κ2) is 8.44. The van der Waals surface area contributed by atoms with E-state index in [0.717, 1.165) is 49.7 Å². The highest BCUT2D eigenvalue weighted by molar-refractivity contribution is 7.92. The highest BCUT2D eigenvalue weighted by atomic mass is 32.2. The average Bonchev–Trinajstić information content (AvgIpc) is 3.28. The quantitative estimate of drug-likeness (QED) is 0.751. The summed E-state index contributed by atoms with van der Waals surface area (Å²) >= 11 is 0. The maximum Gasteiger partial charge on any atom is 0.225 e. The van der Waals surface area contributed by atoms with Gasteiger partial charge in [-0.25, -0.2) is 8.42 Å². The van der Waals surface area contributed by atoms with Crippen LogP contribution in [0, 0.1) is 0 Å². The molecule has 6 nitrogen and oxygen atoms in total. The Kier molecular flexibility index (Phi) is 6.22. The van der Waals surface area contributed by atoms with Gasteiger partial charge in [0.25, 0.3) is 0 Å². The lowest BCUT2D eigenvalue weighted by molar-refractivity contribution is -0.115. The van der Waals surface area contributed by atoms with Crippen molar-refractivity contribution in [2.75, 3.05) is 31.7 Å². The largest absolute Gasteiger partial charge is 0.346 e. The van der Waals surface area contributed by atoms with Crippen LogP contribution in [0.1, 0.15) is 32.1 Å². The van der Waals surface area contributed by atoms with Crippen LogP contribution in [0.15, 0.2) is 30.5 Å². The lowest BCUT2D eigenvalue weighted by Gasteiger charge is -2.12. The predicted molar refractivity (Wildman–Crippen MR) is 110 cm³/mol. The van der Waals surface area contributed by atoms with Gasteiger partial charge in [-0.1, -0.05) is 12.8 Å². The van der Waals surface area contributed by atoms with Crippen molar-refractivity contribution in [1.82, 2.24) is 9.47 Å². The van der Waals surface area contributed by atoms with Crippen molar-refractivity contribution < 1.29 is 13.2 Å². The van der Waals surface area contributed by atoms with Gasteiger partial charge in [0.1, 0.15) is 0 Å². The van der Waals surface area contributed by atoms with Gasteiger partial charge in [-0.15, -0.1) is 0 Å². The molecule has 0 spiro atoms. The van der Waals surface area contributed by atoms with Crippen LogP contribution >= 0.6 is 0 Å². The fourth-order valence-corrected chi connectivity index (χ4v) is 5.51. The van der Waals surface area contributed by atoms with Gasteiger partial charge in [-0.3, -0.25) is 4.79 Å². The standard InChI is InChI=1S/C20H29N3O3S/c1-22(2)12-13-23-11-9-16-15-17(7-8-19(16)23)21-20(24)10-14-27(25,26)18-5-3-4-6-18/h7-9,11,15,18H,3-6,10,12-14H2,1-2H3,(H,21,24). The van der Waals surface area contributed by atoms with Crippen LogP contribution in [-0.2, 0) is 21.2 Å². The van der Waals surface area contributed by atoms with Gasteiger partial charge in [-0.2, -0.15) is 0 Å². The van der Waals surface area contributed by atoms with E-state index in [2.05, 4.69) is 14.8 Å². The van der Waals surface area contributed by atoms with E-state index in [9.17, 15) is 13.2 Å². The van der Waals surface area contributed by atoms with Crippen LogP contribution in [0.4, 0.5) is 5.69 Å². The van der Waals surface area contributed by atoms with Crippen molar-refractivity contribution in [3.05, 3.63) is 30.5 Å². The molecule has 1 fully saturated rings. The smallest absolute Gasteiger partial charge is 0.225 e. The normalized spacial score (nSPS) is 15.7. The van der Waals surface area contributed by atoms with Crippen molar-refractivity contribution in [2.45, 2.75) is 43.9 Å². The number of fused-ring (bicyclic) bond motifs is 1. The number of hydrogen-bond acceptors (Lipinski definition) is 4. The molecule has 7 heteroatoms. The molecular weight excluding hydrogens is 362 g/mol. The minimum Gasteiger partial charge on any atom is -0.346 e. The van der Waals surface area contributed by atoms with Crippen LogP contribution in [0.3, 0.4) is 0 Å². The van der Waals surface area contributed by atoms with Crippen molar-refractivity contribution >= 4 is 32.3 Å². The molecule has 0 unspecified atom stereocenters. The van der Waals surface area contributed by atoms with Crippen LogP contribution < -0.4 is 5.32 Å². The molecule has 1 amide bonds. The van der Waals surface area contributed by atoms with Crippen LogP contribution in [0.25, 0.3) is 10.9 Å². The van der Waals surface area contributed by atoms with Gasteiger partial charge >= 0.3 is 0 Å². The Balaban J connectivity index is 1.58. The van der Waals surface area contributed by atoms with E-state index in [4.69, 9.17) is 0 Å². The topological polar surface area (TPSA) is 71.4 Å². The summed E-state index contributed by atoms with van der Waals surface area (Å²) in [7, 11) is 0.935. The molecule has 1 aromatic heterocycles. The maximum absolute atomic E-state index is 12.3. The molecule has 1 aliphatic carbocycles. The molecule has 3 rings (SSSR count). The summed E-state index contributed by atoms with van der Waals surface area (Å²) in [4.78, 5) is 14.3. The zero-order valence-corrected chi connectivity index (χ0v) is 17.0. The van der Waals surface area contributed by atoms with Gasteiger partial charge in [0.15, 0.2) is 9.84 Å². The fourth-order valence-electron chi connectivity index (χ4n) is 3.65. The van der Waals surface area contributed by atoms with Gasteiger partial charge < -0.3 is 14.8 Å². The molecule has 0 aliphatic heterocycles. The summed E-state index contributed by atoms with van der Waals surface area (Å²) in [5, 5.41) is 3.65. The van der Waals surface area contributed by atoms with Crippen molar-refractivity contribution in [3.8, 4) is 0 Å². The van der Waals surface area contributed by atoms with E-state index >= 15 is 0 Å². The molecule has 2 aromatic rings. The van der Waals surface area contributed by atoms with Crippen LogP contribution in [0.2, 0.25) is 0 Å². The molecule has 0 saturated heterocycles. The van der Waals surface area contributed by atoms with E-state index in [1.807, 2.05) is 44.6 Å². The molecule has 1 aromatic carbocycles. The molecule has 1 saturated carbocycles. The molecular formula is C20H29N3O3S. The number of anilines is 1. The monoisotopic (exact) mass is 391 g/mol. The number of likely N-dealkylation sites (N-methyl/N-ethyl adjacent to an activating group) is 1. The Labute approximate surface area is 161 Å². The molecule has 0 radical (unpaired) electrons. The van der Waals surface area contributed by atoms with Crippen LogP contribution in [0.5, 0.6) is 0 Å². The SMILES string of the molecule is CN(C)CCn1ccc2cc(NC(=O)CCS(=O)(=O)C3CCCC3)ccc21. The minimum atomic E-state index is -3.16. The fraction of sp³-hybridized carbons (Fsp3) is 0.550. The first-order chi connectivity index (χ1) is 12.8. The predicted octanol–water partition coefficient (Wildman–Crippen LogP) is 2.89. The van der Waals surface area contributed by atoms with Crippen molar-refractivity contribution in [1.29, 1.82) is 0 Å². The number of carbonyl (C=O) groups excluding carboxylic acids is 1. The second-order valence-corrected chi connectivity index (χ2v) is 10.1. The average molecular weight is 392 g/mol. The molecule has 27 heavy (non-hydrogen) atoms. The molecule has 1 heterocycles. The summed E-state index contributed by atoms with van der Waals surface area (Å²) in [6.07, 6.45) is 5.50. The maximum atomic E-state index is 12.3. The first-order valence-corrected chi connectivity index (χ1v) is 11.3. The molecule has 1 N–H and O–H groups in total. The highest BCUT2D eigenvalue weighted by Gasteiger charge is 2.28. The van der Waals surface area contributed by atoms with Crippen LogP contribution in [-0.4, -0.2) is 55.4 Å². The number of benzene rings is 1. The Morgan fingerprint density at radius 2 is 1.96 bits per heavy atom. The number of nitrogens with zero attached hydrogens (tertiary/aromatic N) is 2. The van der Waals surface area contributed by atoms with Gasteiger partial charge in [0.2, 0.25) is 5.91 Å². The third kappa shape index (κ3) is 5.11. The second-order valence-electron chi connectivity index (χ2n) is 7.66. The van der Waals surface area contributed by atoms with Gasteiger partial charge in [-0.05, 0) is 51.2 Å². The molecule has 148 valence electrons. The summed E-state index contributed by atoms with van der Waals surface area (Å²) in [6, 6.07) is 7.84. The number of hydrogen-bond donors (Lipinski definition) is 1. The Morgan fingerprint density at radius 1 is 1.22 bits per heavy atom. The van der Waals surface area contributed by atoms with E-state index in [-0.39, 0.29) is 23.3 Å². The zero-order valence-electron chi connectivity index (χ0n) is 16.1. The summed E-state index contributed by atoms with van der Waals surface area (Å²) in [5.74, 6) is -0.310. The number of carbonyl (C=O) groups is 1. The molecule has 0 atom stereocenters. The number of aromatic nitrogens is 1. The summed E-state index contributed by atoms with van der Waals surface area (Å²) in [5.41, 5.74) is 1.83. The Morgan fingerprint density at radius 3 is 2.67 bits per heavy atom. The lowest BCUT2D eigenvalue weighted by Crippen LogP contribution is -2.24. The van der Waals surface area contributed by atoms with E-state index < -0.39 is 9.84 Å². The van der Waals surface area contributed by atoms with E-state index in [1.165, 1.54) is 0 Å². The number of amides is 1. The highest BCUT2D eigenvalue weighted by Crippen LogP contribution is 2.26. The Bertz CT molecular complexity index is 896. The Hall–Kier alpha value is -1.86. The molecule has 1 aliphatic rings. The lowest BCUT2D eigenvalue weighted by atomic mass is 10.2. The summed E-state index contributed by atoms with van der Waals surface area (Å²) in [6.45, 7) is 1.86. The number of nitrogens with one attached hydrogen (secondary N) is 1. The first-order valence-electron chi connectivity index (χ1n) is 9.60. The number of sulfone groups is 1.